The summed E-state index contributed by atoms with van der Waals surface area (Å²) in [6.45, 7) is 0. The number of rotatable bonds is 1. The maximum absolute atomic E-state index is 12.7. The van der Waals surface area contributed by atoms with Crippen molar-refractivity contribution in [1.29, 1.82) is 0 Å². The maximum Gasteiger partial charge on any atom is 0.236 e. The van der Waals surface area contributed by atoms with Gasteiger partial charge in [-0.1, -0.05) is 71.4 Å². The standard InChI is InChI=1S/C23H16N2O/c26-23-20-13-14-7-1-2-8-15(14)21(20)25(24-23)22-18-11-5-3-9-16(18)17-10-4-6-12-19(17)22/h1-12,20,22H,13H2/t20-/m0/s1. The molecule has 0 saturated heterocycles. The van der Waals surface area contributed by atoms with Gasteiger partial charge < -0.3 is 5.11 Å². The van der Waals surface area contributed by atoms with Gasteiger partial charge in [-0.05, 0) is 34.3 Å². The van der Waals surface area contributed by atoms with Crippen LogP contribution in [0, 0.1) is 5.92 Å². The van der Waals surface area contributed by atoms with E-state index in [0.29, 0.717) is 0 Å². The second-order valence-electron chi connectivity index (χ2n) is 7.16. The largest absolute Gasteiger partial charge is 0.857 e. The quantitative estimate of drug-likeness (QED) is 0.629. The Kier molecular flexibility index (Phi) is 2.65. The van der Waals surface area contributed by atoms with Crippen LogP contribution < -0.4 is 5.11 Å². The van der Waals surface area contributed by atoms with Crippen molar-refractivity contribution in [2.24, 2.45) is 11.0 Å². The topological polar surface area (TPSA) is 38.4 Å². The smallest absolute Gasteiger partial charge is 0.236 e. The molecule has 6 rings (SSSR count). The lowest BCUT2D eigenvalue weighted by Crippen LogP contribution is -2.28. The molecular weight excluding hydrogens is 320 g/mol. The average molecular weight is 336 g/mol. The minimum absolute atomic E-state index is 0.0157. The van der Waals surface area contributed by atoms with E-state index in [9.17, 15) is 5.11 Å². The van der Waals surface area contributed by atoms with Crippen molar-refractivity contribution in [1.82, 2.24) is 0 Å². The third kappa shape index (κ3) is 1.67. The van der Waals surface area contributed by atoms with Gasteiger partial charge in [-0.15, -0.1) is 0 Å². The summed E-state index contributed by atoms with van der Waals surface area (Å²) in [4.78, 5) is 0. The van der Waals surface area contributed by atoms with Gasteiger partial charge in [0.2, 0.25) is 11.8 Å². The van der Waals surface area contributed by atoms with Gasteiger partial charge >= 0.3 is 0 Å². The Hall–Kier alpha value is -3.20. The van der Waals surface area contributed by atoms with Crippen LogP contribution in [0.15, 0.2) is 77.9 Å². The molecule has 0 amide bonds. The van der Waals surface area contributed by atoms with Crippen molar-refractivity contribution in [2.45, 2.75) is 12.5 Å². The van der Waals surface area contributed by atoms with E-state index in [4.69, 9.17) is 0 Å². The molecule has 2 aliphatic carbocycles. The third-order valence-electron chi connectivity index (χ3n) is 5.84. The van der Waals surface area contributed by atoms with Crippen LogP contribution in [0.3, 0.4) is 0 Å². The molecule has 124 valence electrons. The van der Waals surface area contributed by atoms with Gasteiger partial charge in [0.05, 0.1) is 5.92 Å². The summed E-state index contributed by atoms with van der Waals surface area (Å²) in [6.07, 6.45) is 0.764. The minimum Gasteiger partial charge on any atom is -0.857 e. The summed E-state index contributed by atoms with van der Waals surface area (Å²) in [6, 6.07) is 25.3. The molecule has 0 radical (unpaired) electrons. The molecule has 0 unspecified atom stereocenters. The Morgan fingerprint density at radius 1 is 0.769 bits per heavy atom. The first kappa shape index (κ1) is 14.0. The van der Waals surface area contributed by atoms with Crippen LogP contribution in [0.4, 0.5) is 0 Å². The van der Waals surface area contributed by atoms with Crippen molar-refractivity contribution in [3.63, 3.8) is 0 Å². The summed E-state index contributed by atoms with van der Waals surface area (Å²) < 4.78 is 2.00. The second-order valence-corrected chi connectivity index (χ2v) is 7.16. The van der Waals surface area contributed by atoms with Gasteiger partial charge in [-0.25, -0.2) is 0 Å². The zero-order valence-electron chi connectivity index (χ0n) is 14.1. The molecule has 3 aliphatic rings. The highest BCUT2D eigenvalue weighted by Gasteiger charge is 2.47. The van der Waals surface area contributed by atoms with Crippen molar-refractivity contribution in [3.05, 3.63) is 95.1 Å². The van der Waals surface area contributed by atoms with Crippen LogP contribution >= 0.6 is 0 Å². The first-order chi connectivity index (χ1) is 12.8. The normalized spacial score (nSPS) is 19.8. The van der Waals surface area contributed by atoms with Gasteiger partial charge in [0.25, 0.3) is 0 Å². The Morgan fingerprint density at radius 3 is 2.04 bits per heavy atom. The zero-order valence-corrected chi connectivity index (χ0v) is 14.1. The van der Waals surface area contributed by atoms with E-state index in [1.54, 1.807) is 0 Å². The first-order valence-electron chi connectivity index (χ1n) is 9.01. The van der Waals surface area contributed by atoms with Gasteiger partial charge in [0.15, 0.2) is 0 Å². The summed E-state index contributed by atoms with van der Waals surface area (Å²) in [5.74, 6) is -0.148. The monoisotopic (exact) mass is 336 g/mol. The summed E-state index contributed by atoms with van der Waals surface area (Å²) in [5, 5.41) is 17.2. The SMILES string of the molecule is [O-]C1=N[N+](C2c3ccccc3-c3ccccc32)=C2c3ccccc3C[C@H]12. The molecule has 0 spiro atoms. The van der Waals surface area contributed by atoms with Gasteiger partial charge in [-0.2, -0.15) is 0 Å². The van der Waals surface area contributed by atoms with Crippen LogP contribution in [0.25, 0.3) is 11.1 Å². The van der Waals surface area contributed by atoms with E-state index in [2.05, 4.69) is 65.8 Å². The van der Waals surface area contributed by atoms with E-state index >= 15 is 0 Å². The van der Waals surface area contributed by atoms with Crippen LogP contribution in [-0.2, 0) is 6.42 Å². The fourth-order valence-electron chi connectivity index (χ4n) is 4.76. The summed E-state index contributed by atoms with van der Waals surface area (Å²) in [7, 11) is 0. The summed E-state index contributed by atoms with van der Waals surface area (Å²) in [5.41, 5.74) is 8.43. The Labute approximate surface area is 151 Å². The molecule has 26 heavy (non-hydrogen) atoms. The van der Waals surface area contributed by atoms with E-state index in [1.165, 1.54) is 33.4 Å². The van der Waals surface area contributed by atoms with Crippen LogP contribution in [-0.4, -0.2) is 16.3 Å². The molecule has 3 aromatic carbocycles. The molecule has 3 nitrogen and oxygen atoms in total. The van der Waals surface area contributed by atoms with E-state index in [-0.39, 0.29) is 17.9 Å². The number of hydrogen-bond acceptors (Lipinski definition) is 2. The summed E-state index contributed by atoms with van der Waals surface area (Å²) >= 11 is 0. The highest BCUT2D eigenvalue weighted by atomic mass is 16.3. The molecule has 0 bridgehead atoms. The van der Waals surface area contributed by atoms with Crippen LogP contribution in [0.5, 0.6) is 0 Å². The lowest BCUT2D eigenvalue weighted by molar-refractivity contribution is -0.566. The predicted molar refractivity (Wildman–Crippen MR) is 99.2 cm³/mol. The average Bonchev–Trinajstić information content (AvgIpc) is 3.32. The van der Waals surface area contributed by atoms with Crippen LogP contribution in [0.1, 0.15) is 28.3 Å². The molecule has 1 heterocycles. The van der Waals surface area contributed by atoms with E-state index in [0.717, 1.165) is 12.1 Å². The fraction of sp³-hybridized carbons (Fsp3) is 0.130. The number of fused-ring (bicyclic) bond motifs is 6. The minimum atomic E-state index is -0.132. The lowest BCUT2D eigenvalue weighted by atomic mass is 10.0. The van der Waals surface area contributed by atoms with E-state index in [1.807, 2.05) is 16.8 Å². The van der Waals surface area contributed by atoms with Crippen LogP contribution in [0.2, 0.25) is 0 Å². The third-order valence-corrected chi connectivity index (χ3v) is 5.84. The maximum atomic E-state index is 12.7. The molecule has 0 fully saturated rings. The Morgan fingerprint density at radius 2 is 1.35 bits per heavy atom. The molecule has 0 N–H and O–H groups in total. The zero-order chi connectivity index (χ0) is 17.3. The number of hydrogen-bond donors (Lipinski definition) is 0. The highest BCUT2D eigenvalue weighted by molar-refractivity contribution is 6.14. The molecular formula is C23H16N2O. The molecule has 0 aromatic heterocycles. The lowest BCUT2D eigenvalue weighted by Gasteiger charge is -2.09. The number of benzene rings is 3. The molecule has 3 heteroatoms. The van der Waals surface area contributed by atoms with Gasteiger partial charge in [0.1, 0.15) is 0 Å². The van der Waals surface area contributed by atoms with Crippen molar-refractivity contribution < 1.29 is 9.79 Å². The van der Waals surface area contributed by atoms with E-state index < -0.39 is 0 Å². The van der Waals surface area contributed by atoms with Crippen molar-refractivity contribution in [3.8, 4) is 11.1 Å². The Balaban J connectivity index is 1.65. The van der Waals surface area contributed by atoms with Crippen molar-refractivity contribution in [2.75, 3.05) is 0 Å². The fourth-order valence-corrected chi connectivity index (χ4v) is 4.76. The second kappa shape index (κ2) is 4.92. The molecule has 1 atom stereocenters. The molecule has 1 aliphatic heterocycles. The molecule has 3 aromatic rings. The number of nitrogens with zero attached hydrogens (tertiary/aromatic N) is 2. The first-order valence-corrected chi connectivity index (χ1v) is 9.01. The predicted octanol–water partition coefficient (Wildman–Crippen LogP) is 3.12. The Bertz CT molecular complexity index is 1100. The highest BCUT2D eigenvalue weighted by Crippen LogP contribution is 2.47. The van der Waals surface area contributed by atoms with Gasteiger partial charge in [-0.3, -0.25) is 0 Å². The van der Waals surface area contributed by atoms with Gasteiger partial charge in [0, 0.05) is 22.6 Å². The molecule has 0 saturated carbocycles. The van der Waals surface area contributed by atoms with Crippen molar-refractivity contribution >= 4 is 11.6 Å². The number of hydrazone groups is 1.